The monoisotopic (exact) mass is 294 g/mol. The molecule has 0 radical (unpaired) electrons. The highest BCUT2D eigenvalue weighted by molar-refractivity contribution is 6.33. The molecule has 3 nitrogen and oxygen atoms in total. The summed E-state index contributed by atoms with van der Waals surface area (Å²) in [6, 6.07) is 6.65. The van der Waals surface area contributed by atoms with Crippen LogP contribution >= 0.6 is 11.6 Å². The van der Waals surface area contributed by atoms with Crippen molar-refractivity contribution in [3.8, 4) is 0 Å². The molecule has 1 N–H and O–H groups in total. The topological polar surface area (TPSA) is 24.5 Å². The number of rotatable bonds is 5. The van der Waals surface area contributed by atoms with Gasteiger partial charge < -0.3 is 15.0 Å². The van der Waals surface area contributed by atoms with Gasteiger partial charge in [-0.05, 0) is 43.7 Å². The summed E-state index contributed by atoms with van der Waals surface area (Å²) in [7, 11) is 3.70. The van der Waals surface area contributed by atoms with Crippen molar-refractivity contribution in [2.24, 2.45) is 0 Å². The zero-order valence-corrected chi connectivity index (χ0v) is 13.2. The third-order valence-electron chi connectivity index (χ3n) is 3.88. The molecule has 1 aromatic rings. The molecule has 1 unspecified atom stereocenters. The average Bonchev–Trinajstić information content (AvgIpc) is 2.47. The fourth-order valence-corrected chi connectivity index (χ4v) is 2.77. The van der Waals surface area contributed by atoms with Gasteiger partial charge in [0.05, 0.1) is 17.3 Å². The molecule has 1 aliphatic rings. The molecule has 1 atom stereocenters. The highest BCUT2D eigenvalue weighted by Crippen LogP contribution is 2.30. The summed E-state index contributed by atoms with van der Waals surface area (Å²) in [6.45, 7) is 4.77. The van der Waals surface area contributed by atoms with Crippen molar-refractivity contribution in [2.75, 3.05) is 38.8 Å². The molecule has 2 rings (SSSR count). The van der Waals surface area contributed by atoms with E-state index in [-0.39, 0.29) is 0 Å². The van der Waals surface area contributed by atoms with Gasteiger partial charge in [-0.2, -0.15) is 0 Å². The van der Waals surface area contributed by atoms with Gasteiger partial charge in [0.1, 0.15) is 0 Å². The molecule has 20 heavy (non-hydrogen) atoms. The van der Waals surface area contributed by atoms with Crippen LogP contribution < -0.4 is 10.2 Å². The second-order valence-electron chi connectivity index (χ2n) is 5.21. The van der Waals surface area contributed by atoms with Crippen LogP contribution in [0.5, 0.6) is 0 Å². The summed E-state index contributed by atoms with van der Waals surface area (Å²) >= 11 is 6.45. The highest BCUT2D eigenvalue weighted by atomic mass is 35.5. The molecule has 0 aromatic heterocycles. The quantitative estimate of drug-likeness (QED) is 0.842. The number of hydrogen-bond donors (Lipinski definition) is 1. The van der Waals surface area contributed by atoms with Crippen molar-refractivity contribution in [3.05, 3.63) is 40.4 Å². The van der Waals surface area contributed by atoms with Crippen molar-refractivity contribution in [2.45, 2.75) is 19.4 Å². The Hall–Kier alpha value is -1.03. The Morgan fingerprint density at radius 3 is 2.80 bits per heavy atom. The highest BCUT2D eigenvalue weighted by Gasteiger charge is 2.15. The first kappa shape index (κ1) is 15.4. The molecule has 1 heterocycles. The minimum absolute atomic E-state index is 0.316. The van der Waals surface area contributed by atoms with E-state index in [4.69, 9.17) is 16.3 Å². The van der Waals surface area contributed by atoms with E-state index in [0.29, 0.717) is 6.04 Å². The Bertz CT molecular complexity index is 487. The second kappa shape index (κ2) is 7.11. The van der Waals surface area contributed by atoms with E-state index in [1.807, 2.05) is 7.05 Å². The predicted molar refractivity (Wildman–Crippen MR) is 85.7 cm³/mol. The van der Waals surface area contributed by atoms with Gasteiger partial charge in [-0.1, -0.05) is 23.7 Å². The molecule has 0 fully saturated rings. The maximum absolute atomic E-state index is 6.45. The molecule has 4 heteroatoms. The first-order chi connectivity index (χ1) is 9.65. The predicted octanol–water partition coefficient (Wildman–Crippen LogP) is 3.40. The average molecular weight is 295 g/mol. The fourth-order valence-electron chi connectivity index (χ4n) is 2.46. The molecular formula is C16H23ClN2O. The van der Waals surface area contributed by atoms with Crippen molar-refractivity contribution < 1.29 is 4.74 Å². The van der Waals surface area contributed by atoms with E-state index in [9.17, 15) is 0 Å². The molecule has 110 valence electrons. The van der Waals surface area contributed by atoms with E-state index in [2.05, 4.69) is 41.4 Å². The van der Waals surface area contributed by atoms with Gasteiger partial charge in [0.25, 0.3) is 0 Å². The van der Waals surface area contributed by atoms with Crippen LogP contribution in [0.3, 0.4) is 0 Å². The smallest absolute Gasteiger partial charge is 0.0674 e. The zero-order valence-electron chi connectivity index (χ0n) is 12.4. The zero-order chi connectivity index (χ0) is 14.5. The van der Waals surface area contributed by atoms with E-state index in [1.54, 1.807) is 7.11 Å². The largest absolute Gasteiger partial charge is 0.380 e. The van der Waals surface area contributed by atoms with Crippen LogP contribution in [0.2, 0.25) is 5.02 Å². The van der Waals surface area contributed by atoms with Gasteiger partial charge in [0.15, 0.2) is 0 Å². The summed E-state index contributed by atoms with van der Waals surface area (Å²) in [5, 5.41) is 4.06. The Morgan fingerprint density at radius 2 is 2.25 bits per heavy atom. The van der Waals surface area contributed by atoms with Crippen LogP contribution in [-0.4, -0.2) is 33.9 Å². The maximum atomic E-state index is 6.45. The lowest BCUT2D eigenvalue weighted by molar-refractivity contribution is 0.222. The van der Waals surface area contributed by atoms with Crippen molar-refractivity contribution >= 4 is 17.3 Å². The lowest BCUT2D eigenvalue weighted by atomic mass is 10.1. The lowest BCUT2D eigenvalue weighted by Crippen LogP contribution is -2.29. The SMILES string of the molecule is CNC(C)c1ccc(N2CC=C(COC)CC2)c(Cl)c1. The second-order valence-corrected chi connectivity index (χ2v) is 5.62. The Kier molecular flexibility index (Phi) is 5.46. The van der Waals surface area contributed by atoms with Gasteiger partial charge in [-0.25, -0.2) is 0 Å². The fraction of sp³-hybridized carbons (Fsp3) is 0.500. The van der Waals surface area contributed by atoms with Gasteiger partial charge in [-0.15, -0.1) is 0 Å². The number of nitrogens with zero attached hydrogens (tertiary/aromatic N) is 1. The summed E-state index contributed by atoms with van der Waals surface area (Å²) in [6.07, 6.45) is 3.28. The number of ether oxygens (including phenoxy) is 1. The van der Waals surface area contributed by atoms with Crippen molar-refractivity contribution in [1.82, 2.24) is 5.32 Å². The number of nitrogens with one attached hydrogen (secondary N) is 1. The third-order valence-corrected chi connectivity index (χ3v) is 4.18. The first-order valence-electron chi connectivity index (χ1n) is 7.04. The van der Waals surface area contributed by atoms with Crippen LogP contribution in [0.1, 0.15) is 24.9 Å². The summed E-state index contributed by atoms with van der Waals surface area (Å²) in [4.78, 5) is 2.31. The Balaban J connectivity index is 2.11. The number of hydrogen-bond acceptors (Lipinski definition) is 3. The molecule has 0 saturated heterocycles. The molecule has 1 aliphatic heterocycles. The van der Waals surface area contributed by atoms with Gasteiger partial charge in [0.2, 0.25) is 0 Å². The van der Waals surface area contributed by atoms with Crippen LogP contribution in [-0.2, 0) is 4.74 Å². The molecule has 1 aromatic carbocycles. The molecule has 0 amide bonds. The van der Waals surface area contributed by atoms with Crippen LogP contribution in [0, 0.1) is 0 Å². The number of anilines is 1. The Labute approximate surface area is 126 Å². The minimum atomic E-state index is 0.316. The Morgan fingerprint density at radius 1 is 1.45 bits per heavy atom. The van der Waals surface area contributed by atoms with E-state index < -0.39 is 0 Å². The summed E-state index contributed by atoms with van der Waals surface area (Å²) in [5.74, 6) is 0. The number of benzene rings is 1. The molecule has 0 bridgehead atoms. The minimum Gasteiger partial charge on any atom is -0.380 e. The standard InChI is InChI=1S/C16H23ClN2O/c1-12(18-2)14-4-5-16(15(17)10-14)19-8-6-13(7-9-19)11-20-3/h4-6,10,12,18H,7-9,11H2,1-3H3. The third kappa shape index (κ3) is 3.54. The molecule has 0 spiro atoms. The first-order valence-corrected chi connectivity index (χ1v) is 7.42. The normalized spacial score (nSPS) is 17.0. The number of methoxy groups -OCH3 is 1. The van der Waals surface area contributed by atoms with Crippen molar-refractivity contribution in [3.63, 3.8) is 0 Å². The summed E-state index contributed by atoms with van der Waals surface area (Å²) in [5.41, 5.74) is 3.71. The summed E-state index contributed by atoms with van der Waals surface area (Å²) < 4.78 is 5.18. The molecular weight excluding hydrogens is 272 g/mol. The van der Waals surface area contributed by atoms with Crippen LogP contribution in [0.15, 0.2) is 29.8 Å². The number of halogens is 1. The van der Waals surface area contributed by atoms with E-state index >= 15 is 0 Å². The van der Waals surface area contributed by atoms with E-state index in [1.165, 1.54) is 11.1 Å². The van der Waals surface area contributed by atoms with Gasteiger partial charge in [-0.3, -0.25) is 0 Å². The van der Waals surface area contributed by atoms with Gasteiger partial charge >= 0.3 is 0 Å². The van der Waals surface area contributed by atoms with Gasteiger partial charge in [0, 0.05) is 26.2 Å². The van der Waals surface area contributed by atoms with Crippen molar-refractivity contribution in [1.29, 1.82) is 0 Å². The lowest BCUT2D eigenvalue weighted by Gasteiger charge is -2.29. The van der Waals surface area contributed by atoms with Crippen LogP contribution in [0.25, 0.3) is 0 Å². The van der Waals surface area contributed by atoms with Crippen LogP contribution in [0.4, 0.5) is 5.69 Å². The molecule has 0 aliphatic carbocycles. The van der Waals surface area contributed by atoms with E-state index in [0.717, 1.165) is 36.8 Å². The maximum Gasteiger partial charge on any atom is 0.0674 e. The molecule has 0 saturated carbocycles.